The van der Waals surface area contributed by atoms with E-state index in [1.54, 1.807) is 30.0 Å². The van der Waals surface area contributed by atoms with E-state index in [1.165, 1.54) is 24.3 Å². The van der Waals surface area contributed by atoms with Crippen LogP contribution in [0.4, 0.5) is 14.5 Å². The SMILES string of the molecule is NC(=Nc1ccccc1F)N/N=C1\CCSc2ccc(F)cc21. The summed E-state index contributed by atoms with van der Waals surface area (Å²) in [5.41, 5.74) is 9.90. The summed E-state index contributed by atoms with van der Waals surface area (Å²) in [7, 11) is 0. The molecule has 0 atom stereocenters. The van der Waals surface area contributed by atoms with E-state index in [-0.39, 0.29) is 17.5 Å². The van der Waals surface area contributed by atoms with Crippen molar-refractivity contribution >= 4 is 29.1 Å². The van der Waals surface area contributed by atoms with Gasteiger partial charge in [-0.15, -0.1) is 11.8 Å². The highest BCUT2D eigenvalue weighted by Gasteiger charge is 2.17. The summed E-state index contributed by atoms with van der Waals surface area (Å²) in [4.78, 5) is 4.91. The summed E-state index contributed by atoms with van der Waals surface area (Å²) in [5.74, 6) is 0.0425. The second kappa shape index (κ2) is 6.78. The van der Waals surface area contributed by atoms with Crippen LogP contribution in [-0.2, 0) is 0 Å². The van der Waals surface area contributed by atoms with Gasteiger partial charge in [-0.1, -0.05) is 12.1 Å². The van der Waals surface area contributed by atoms with Gasteiger partial charge in [-0.25, -0.2) is 19.2 Å². The average molecular weight is 332 g/mol. The number of aliphatic imine (C=N–C) groups is 1. The fourth-order valence-electron chi connectivity index (χ4n) is 2.18. The molecule has 7 heteroatoms. The van der Waals surface area contributed by atoms with Gasteiger partial charge in [0.2, 0.25) is 5.96 Å². The first kappa shape index (κ1) is 15.5. The van der Waals surface area contributed by atoms with Crippen molar-refractivity contribution in [1.82, 2.24) is 5.43 Å². The molecule has 1 aliphatic heterocycles. The standard InChI is InChI=1S/C16H14F2N4S/c17-10-5-6-15-11(9-10)13(7-8-23-15)21-22-16(19)20-14-4-2-1-3-12(14)18/h1-6,9H,7-8H2,(H3,19,20,22)/b21-13+. The van der Waals surface area contributed by atoms with Gasteiger partial charge in [0, 0.05) is 22.6 Å². The lowest BCUT2D eigenvalue weighted by Crippen LogP contribution is -2.29. The number of guanidine groups is 1. The number of thioether (sulfide) groups is 1. The maximum atomic E-state index is 13.5. The van der Waals surface area contributed by atoms with Crippen molar-refractivity contribution in [1.29, 1.82) is 0 Å². The van der Waals surface area contributed by atoms with E-state index in [9.17, 15) is 8.78 Å². The van der Waals surface area contributed by atoms with Crippen molar-refractivity contribution in [3.63, 3.8) is 0 Å². The highest BCUT2D eigenvalue weighted by atomic mass is 32.2. The topological polar surface area (TPSA) is 62.8 Å². The van der Waals surface area contributed by atoms with E-state index in [1.807, 2.05) is 0 Å². The van der Waals surface area contributed by atoms with Gasteiger partial charge in [-0.05, 0) is 30.3 Å². The van der Waals surface area contributed by atoms with E-state index in [2.05, 4.69) is 15.5 Å². The minimum Gasteiger partial charge on any atom is -0.368 e. The molecule has 2 aromatic carbocycles. The zero-order valence-electron chi connectivity index (χ0n) is 12.1. The number of nitrogens with zero attached hydrogens (tertiary/aromatic N) is 2. The Hall–Kier alpha value is -2.41. The van der Waals surface area contributed by atoms with Crippen LogP contribution in [0.2, 0.25) is 0 Å². The molecule has 0 amide bonds. The summed E-state index contributed by atoms with van der Waals surface area (Å²) in [6, 6.07) is 10.7. The van der Waals surface area contributed by atoms with Gasteiger partial charge < -0.3 is 5.73 Å². The Balaban J connectivity index is 1.81. The molecule has 0 saturated heterocycles. The fraction of sp³-hybridized carbons (Fsp3) is 0.125. The molecule has 23 heavy (non-hydrogen) atoms. The molecule has 0 saturated carbocycles. The zero-order chi connectivity index (χ0) is 16.2. The molecule has 3 N–H and O–H groups in total. The van der Waals surface area contributed by atoms with Crippen LogP contribution in [0.5, 0.6) is 0 Å². The van der Waals surface area contributed by atoms with Crippen LogP contribution >= 0.6 is 11.8 Å². The van der Waals surface area contributed by atoms with Gasteiger partial charge in [-0.2, -0.15) is 5.10 Å². The quantitative estimate of drug-likeness (QED) is 0.503. The Morgan fingerprint density at radius 2 is 2.00 bits per heavy atom. The lowest BCUT2D eigenvalue weighted by molar-refractivity contribution is 0.626. The smallest absolute Gasteiger partial charge is 0.214 e. The predicted molar refractivity (Wildman–Crippen MR) is 89.1 cm³/mol. The number of hydrogen-bond donors (Lipinski definition) is 2. The molecule has 0 unspecified atom stereocenters. The number of hydrogen-bond acceptors (Lipinski definition) is 3. The van der Waals surface area contributed by atoms with Gasteiger partial charge in [0.25, 0.3) is 0 Å². The van der Waals surface area contributed by atoms with Crippen molar-refractivity contribution in [3.8, 4) is 0 Å². The molecule has 3 rings (SSSR count). The maximum Gasteiger partial charge on any atom is 0.214 e. The van der Waals surface area contributed by atoms with Crippen LogP contribution in [0.25, 0.3) is 0 Å². The summed E-state index contributed by atoms with van der Waals surface area (Å²) in [5, 5.41) is 4.20. The molecule has 0 aliphatic carbocycles. The van der Waals surface area contributed by atoms with Crippen molar-refractivity contribution in [2.45, 2.75) is 11.3 Å². The molecular weight excluding hydrogens is 318 g/mol. The molecule has 2 aromatic rings. The molecule has 1 aliphatic rings. The molecule has 0 bridgehead atoms. The second-order valence-electron chi connectivity index (χ2n) is 4.86. The number of benzene rings is 2. The first-order valence-electron chi connectivity index (χ1n) is 6.97. The number of nitrogens with two attached hydrogens (primary N) is 1. The van der Waals surface area contributed by atoms with Crippen LogP contribution < -0.4 is 11.2 Å². The van der Waals surface area contributed by atoms with E-state index in [4.69, 9.17) is 5.73 Å². The zero-order valence-corrected chi connectivity index (χ0v) is 12.9. The fourth-order valence-corrected chi connectivity index (χ4v) is 3.20. The molecule has 0 radical (unpaired) electrons. The van der Waals surface area contributed by atoms with Crippen LogP contribution in [0, 0.1) is 11.6 Å². The van der Waals surface area contributed by atoms with Gasteiger partial charge in [0.05, 0.1) is 5.71 Å². The van der Waals surface area contributed by atoms with Crippen molar-refractivity contribution in [3.05, 3.63) is 59.7 Å². The largest absolute Gasteiger partial charge is 0.368 e. The highest BCUT2D eigenvalue weighted by Crippen LogP contribution is 2.30. The minimum atomic E-state index is -0.466. The lowest BCUT2D eigenvalue weighted by Gasteiger charge is -2.17. The third-order valence-electron chi connectivity index (χ3n) is 3.25. The summed E-state index contributed by atoms with van der Waals surface area (Å²) < 4.78 is 26.9. The van der Waals surface area contributed by atoms with Crippen molar-refractivity contribution < 1.29 is 8.78 Å². The highest BCUT2D eigenvalue weighted by molar-refractivity contribution is 7.99. The maximum absolute atomic E-state index is 13.5. The molecule has 1 heterocycles. The van der Waals surface area contributed by atoms with Crippen LogP contribution in [0.3, 0.4) is 0 Å². The third kappa shape index (κ3) is 3.68. The van der Waals surface area contributed by atoms with Crippen LogP contribution in [-0.4, -0.2) is 17.4 Å². The normalized spacial score (nSPS) is 16.3. The Morgan fingerprint density at radius 1 is 1.17 bits per heavy atom. The lowest BCUT2D eigenvalue weighted by atomic mass is 10.1. The van der Waals surface area contributed by atoms with E-state index in [0.717, 1.165) is 16.2 Å². The Labute approximate surface area is 136 Å². The number of rotatable bonds is 2. The average Bonchev–Trinajstić information content (AvgIpc) is 2.55. The number of para-hydroxylation sites is 1. The Bertz CT molecular complexity index is 789. The molecule has 4 nitrogen and oxygen atoms in total. The number of hydrazone groups is 1. The number of halogens is 2. The van der Waals surface area contributed by atoms with Gasteiger partial charge >= 0.3 is 0 Å². The van der Waals surface area contributed by atoms with E-state index >= 15 is 0 Å². The molecule has 0 spiro atoms. The molecule has 0 aromatic heterocycles. The summed E-state index contributed by atoms with van der Waals surface area (Å²) in [6.07, 6.45) is 0.682. The first-order valence-corrected chi connectivity index (χ1v) is 7.96. The van der Waals surface area contributed by atoms with Crippen molar-refractivity contribution in [2.24, 2.45) is 15.8 Å². The summed E-state index contributed by atoms with van der Waals surface area (Å²) >= 11 is 1.65. The molecule has 118 valence electrons. The Morgan fingerprint density at radius 3 is 2.83 bits per heavy atom. The number of nitrogens with one attached hydrogen (secondary N) is 1. The first-order chi connectivity index (χ1) is 11.1. The van der Waals surface area contributed by atoms with Crippen LogP contribution in [0.15, 0.2) is 57.5 Å². The van der Waals surface area contributed by atoms with Crippen molar-refractivity contribution in [2.75, 3.05) is 5.75 Å². The molecular formula is C16H14F2N4S. The van der Waals surface area contributed by atoms with Gasteiger partial charge in [-0.3, -0.25) is 0 Å². The Kier molecular flexibility index (Phi) is 4.57. The molecule has 0 fully saturated rings. The van der Waals surface area contributed by atoms with Gasteiger partial charge in [0.1, 0.15) is 17.3 Å². The van der Waals surface area contributed by atoms with Crippen LogP contribution in [0.1, 0.15) is 12.0 Å². The summed E-state index contributed by atoms with van der Waals surface area (Å²) in [6.45, 7) is 0. The second-order valence-corrected chi connectivity index (χ2v) is 5.99. The third-order valence-corrected chi connectivity index (χ3v) is 4.32. The van der Waals surface area contributed by atoms with Gasteiger partial charge in [0.15, 0.2) is 0 Å². The monoisotopic (exact) mass is 332 g/mol. The van der Waals surface area contributed by atoms with E-state index in [0.29, 0.717) is 12.1 Å². The number of fused-ring (bicyclic) bond motifs is 1. The predicted octanol–water partition coefficient (Wildman–Crippen LogP) is 3.40. The van der Waals surface area contributed by atoms with E-state index < -0.39 is 5.82 Å². The minimum absolute atomic E-state index is 0.0289.